The Morgan fingerprint density at radius 2 is 1.54 bits per heavy atom. The van der Waals surface area contributed by atoms with Gasteiger partial charge in [0.2, 0.25) is 5.91 Å². The Balaban J connectivity index is 1.96. The number of amides is 1. The summed E-state index contributed by atoms with van der Waals surface area (Å²) in [7, 11) is -4.60. The van der Waals surface area contributed by atoms with Crippen LogP contribution < -0.4 is 15.7 Å². The number of primary amides is 1. The van der Waals surface area contributed by atoms with Crippen LogP contribution in [-0.4, -0.2) is 30.7 Å². The topological polar surface area (TPSA) is 150 Å². The number of rotatable bonds is 10. The van der Waals surface area contributed by atoms with E-state index >= 15 is 0 Å². The standard InChI is InChI=1S/C19H22N2O6S/c20-17(11-14-6-8-16(9-7-14)27-28(24,25)26)18(22)12-15(19(21)23)10-13-4-2-1-3-5-13/h1-9,15,17H,10-12,20H2,(H2,21,23)(H,24,25,26)/t15-,17+/m1/s1. The fourth-order valence-corrected chi connectivity index (χ4v) is 3.09. The fourth-order valence-electron chi connectivity index (χ4n) is 2.74. The van der Waals surface area contributed by atoms with Crippen molar-refractivity contribution in [2.75, 3.05) is 0 Å². The highest BCUT2D eigenvalue weighted by Gasteiger charge is 2.23. The van der Waals surface area contributed by atoms with Crippen molar-refractivity contribution in [2.24, 2.45) is 17.4 Å². The van der Waals surface area contributed by atoms with Gasteiger partial charge in [0, 0.05) is 12.3 Å². The van der Waals surface area contributed by atoms with E-state index in [1.54, 1.807) is 0 Å². The second-order valence-corrected chi connectivity index (χ2v) is 7.45. The molecule has 1 amide bonds. The number of nitrogens with two attached hydrogens (primary N) is 2. The molecule has 2 atom stereocenters. The van der Waals surface area contributed by atoms with E-state index in [1.807, 2.05) is 30.3 Å². The summed E-state index contributed by atoms with van der Waals surface area (Å²) in [5, 5.41) is 0. The van der Waals surface area contributed by atoms with Gasteiger partial charge in [-0.3, -0.25) is 14.1 Å². The first-order valence-electron chi connectivity index (χ1n) is 8.51. The van der Waals surface area contributed by atoms with E-state index < -0.39 is 28.3 Å². The van der Waals surface area contributed by atoms with Crippen molar-refractivity contribution in [3.8, 4) is 5.75 Å². The van der Waals surface area contributed by atoms with Crippen molar-refractivity contribution >= 4 is 22.1 Å². The average molecular weight is 406 g/mol. The Labute approximate surface area is 163 Å². The number of ketones is 1. The van der Waals surface area contributed by atoms with Gasteiger partial charge in [-0.2, -0.15) is 8.42 Å². The van der Waals surface area contributed by atoms with E-state index in [4.69, 9.17) is 16.0 Å². The monoisotopic (exact) mass is 406 g/mol. The zero-order valence-corrected chi connectivity index (χ0v) is 15.8. The Morgan fingerprint density at radius 1 is 0.964 bits per heavy atom. The normalized spacial score (nSPS) is 13.5. The zero-order chi connectivity index (χ0) is 20.7. The van der Waals surface area contributed by atoms with Gasteiger partial charge < -0.3 is 15.7 Å². The van der Waals surface area contributed by atoms with Gasteiger partial charge in [0.15, 0.2) is 5.78 Å². The van der Waals surface area contributed by atoms with E-state index in [2.05, 4.69) is 4.18 Å². The minimum Gasteiger partial charge on any atom is -0.369 e. The van der Waals surface area contributed by atoms with Crippen LogP contribution in [0.1, 0.15) is 17.5 Å². The quantitative estimate of drug-likeness (QED) is 0.499. The predicted molar refractivity (Wildman–Crippen MR) is 103 cm³/mol. The highest BCUT2D eigenvalue weighted by atomic mass is 32.3. The van der Waals surface area contributed by atoms with Gasteiger partial charge in [-0.15, -0.1) is 0 Å². The SMILES string of the molecule is NC(=O)[C@@H](CC(=O)[C@@H](N)Cc1ccc(OS(=O)(=O)O)cc1)Cc1ccccc1. The number of carbonyl (C=O) groups excluding carboxylic acids is 2. The lowest BCUT2D eigenvalue weighted by Gasteiger charge is -2.16. The lowest BCUT2D eigenvalue weighted by atomic mass is 9.90. The summed E-state index contributed by atoms with van der Waals surface area (Å²) in [6, 6.07) is 14.2. The molecule has 0 saturated heterocycles. The zero-order valence-electron chi connectivity index (χ0n) is 15.0. The first-order valence-corrected chi connectivity index (χ1v) is 9.88. The van der Waals surface area contributed by atoms with Crippen LogP contribution in [0.15, 0.2) is 54.6 Å². The first-order chi connectivity index (χ1) is 13.1. The van der Waals surface area contributed by atoms with E-state index in [0.29, 0.717) is 12.0 Å². The summed E-state index contributed by atoms with van der Waals surface area (Å²) in [4.78, 5) is 24.2. The van der Waals surface area contributed by atoms with Crippen LogP contribution in [-0.2, 0) is 32.8 Å². The van der Waals surface area contributed by atoms with Gasteiger partial charge in [-0.1, -0.05) is 42.5 Å². The molecule has 9 heteroatoms. The highest BCUT2D eigenvalue weighted by Crippen LogP contribution is 2.17. The van der Waals surface area contributed by atoms with Crippen molar-refractivity contribution in [3.05, 3.63) is 65.7 Å². The van der Waals surface area contributed by atoms with Crippen LogP contribution in [0.25, 0.3) is 0 Å². The third kappa shape index (κ3) is 7.10. The Bertz CT molecular complexity index is 913. The van der Waals surface area contributed by atoms with Crippen LogP contribution in [0, 0.1) is 5.92 Å². The highest BCUT2D eigenvalue weighted by molar-refractivity contribution is 7.81. The Hall–Kier alpha value is -2.75. The number of benzene rings is 2. The molecule has 2 aromatic carbocycles. The molecule has 0 radical (unpaired) electrons. The van der Waals surface area contributed by atoms with Gasteiger partial charge in [-0.25, -0.2) is 0 Å². The molecule has 28 heavy (non-hydrogen) atoms. The molecule has 2 aromatic rings. The maximum Gasteiger partial charge on any atom is 0.446 e. The molecule has 0 unspecified atom stereocenters. The van der Waals surface area contributed by atoms with Crippen LogP contribution in [0.5, 0.6) is 5.75 Å². The fraction of sp³-hybridized carbons (Fsp3) is 0.263. The molecule has 0 bridgehead atoms. The van der Waals surface area contributed by atoms with Crippen molar-refractivity contribution in [1.29, 1.82) is 0 Å². The second kappa shape index (κ2) is 9.45. The molecule has 0 aliphatic carbocycles. The summed E-state index contributed by atoms with van der Waals surface area (Å²) in [6.45, 7) is 0. The van der Waals surface area contributed by atoms with Crippen LogP contribution in [0.2, 0.25) is 0 Å². The van der Waals surface area contributed by atoms with Crippen LogP contribution in [0.4, 0.5) is 0 Å². The van der Waals surface area contributed by atoms with Crippen molar-refractivity contribution in [1.82, 2.24) is 0 Å². The molecule has 0 heterocycles. The Morgan fingerprint density at radius 3 is 2.07 bits per heavy atom. The molecular weight excluding hydrogens is 384 g/mol. The van der Waals surface area contributed by atoms with Gasteiger partial charge >= 0.3 is 10.4 Å². The third-order valence-electron chi connectivity index (χ3n) is 4.17. The second-order valence-electron chi connectivity index (χ2n) is 6.43. The third-order valence-corrected chi connectivity index (χ3v) is 4.57. The molecule has 2 rings (SSSR count). The smallest absolute Gasteiger partial charge is 0.369 e. The van der Waals surface area contributed by atoms with Crippen molar-refractivity contribution in [2.45, 2.75) is 25.3 Å². The molecule has 0 fully saturated rings. The lowest BCUT2D eigenvalue weighted by molar-refractivity contribution is -0.127. The number of carbonyl (C=O) groups is 2. The van der Waals surface area contributed by atoms with Crippen LogP contribution in [0.3, 0.4) is 0 Å². The minimum atomic E-state index is -4.60. The molecule has 0 aliphatic heterocycles. The summed E-state index contributed by atoms with van der Waals surface area (Å²) in [6.07, 6.45) is 0.494. The van der Waals surface area contributed by atoms with Gasteiger partial charge in [0.05, 0.1) is 6.04 Å². The average Bonchev–Trinajstić information content (AvgIpc) is 2.62. The van der Waals surface area contributed by atoms with E-state index in [1.165, 1.54) is 24.3 Å². The largest absolute Gasteiger partial charge is 0.446 e. The summed E-state index contributed by atoms with van der Waals surface area (Å²) < 4.78 is 34.3. The molecule has 0 aliphatic rings. The number of hydrogen-bond donors (Lipinski definition) is 3. The van der Waals surface area contributed by atoms with E-state index in [-0.39, 0.29) is 24.4 Å². The predicted octanol–water partition coefficient (Wildman–Crippen LogP) is 1.04. The van der Waals surface area contributed by atoms with Crippen molar-refractivity contribution in [3.63, 3.8) is 0 Å². The van der Waals surface area contributed by atoms with Gasteiger partial charge in [0.1, 0.15) is 5.75 Å². The van der Waals surface area contributed by atoms with Gasteiger partial charge in [-0.05, 0) is 36.1 Å². The first kappa shape index (κ1) is 21.5. The molecule has 0 saturated carbocycles. The molecular formula is C19H22N2O6S. The Kier molecular flexibility index (Phi) is 7.27. The summed E-state index contributed by atoms with van der Waals surface area (Å²) in [5.41, 5.74) is 13.0. The number of hydrogen-bond acceptors (Lipinski definition) is 6. The minimum absolute atomic E-state index is 0.0602. The molecule has 5 N–H and O–H groups in total. The molecule has 0 aromatic heterocycles. The maximum atomic E-state index is 12.4. The van der Waals surface area contributed by atoms with Crippen LogP contribution >= 0.6 is 0 Å². The lowest BCUT2D eigenvalue weighted by Crippen LogP contribution is -2.37. The van der Waals surface area contributed by atoms with E-state index in [9.17, 15) is 18.0 Å². The summed E-state index contributed by atoms with van der Waals surface area (Å²) in [5.74, 6) is -1.57. The molecule has 0 spiro atoms. The number of Topliss-reactive ketones (excluding diaryl/α,β-unsaturated/α-hetero) is 1. The maximum absolute atomic E-state index is 12.4. The summed E-state index contributed by atoms with van der Waals surface area (Å²) >= 11 is 0. The van der Waals surface area contributed by atoms with Gasteiger partial charge in [0.25, 0.3) is 0 Å². The van der Waals surface area contributed by atoms with E-state index in [0.717, 1.165) is 5.56 Å². The molecule has 150 valence electrons. The molecule has 8 nitrogen and oxygen atoms in total. The van der Waals surface area contributed by atoms with Crippen molar-refractivity contribution < 1.29 is 26.7 Å².